The summed E-state index contributed by atoms with van der Waals surface area (Å²) >= 11 is 1.39. The molecular formula is C25H20N2O3S. The number of carbonyl (C=O) groups excluding carboxylic acids is 2. The van der Waals surface area contributed by atoms with Gasteiger partial charge < -0.3 is 10.1 Å². The SMILES string of the molecule is COC(=O)[C@@H]1C(=O)NC(SCc2cccc3ccccc23)=C(C#N)[C@@H]1c1ccccc1. The van der Waals surface area contributed by atoms with Gasteiger partial charge in [-0.15, -0.1) is 11.8 Å². The van der Waals surface area contributed by atoms with Gasteiger partial charge in [0.1, 0.15) is 5.92 Å². The fourth-order valence-electron chi connectivity index (χ4n) is 3.91. The average molecular weight is 429 g/mol. The number of carbonyl (C=O) groups is 2. The number of allylic oxidation sites excluding steroid dienone is 1. The van der Waals surface area contributed by atoms with Crippen LogP contribution in [0.2, 0.25) is 0 Å². The Balaban J connectivity index is 1.73. The van der Waals surface area contributed by atoms with E-state index in [0.717, 1.165) is 21.9 Å². The molecule has 1 aliphatic heterocycles. The maximum atomic E-state index is 12.9. The molecule has 0 spiro atoms. The number of nitrogens with zero attached hydrogens (tertiary/aromatic N) is 1. The number of hydrogen-bond acceptors (Lipinski definition) is 5. The number of nitriles is 1. The predicted molar refractivity (Wildman–Crippen MR) is 121 cm³/mol. The summed E-state index contributed by atoms with van der Waals surface area (Å²) in [5.74, 6) is -2.34. The van der Waals surface area contributed by atoms with Crippen molar-refractivity contribution in [2.75, 3.05) is 7.11 Å². The van der Waals surface area contributed by atoms with E-state index in [1.54, 1.807) is 0 Å². The minimum absolute atomic E-state index is 0.367. The van der Waals surface area contributed by atoms with Crippen molar-refractivity contribution in [3.8, 4) is 6.07 Å². The minimum Gasteiger partial charge on any atom is -0.468 e. The van der Waals surface area contributed by atoms with Crippen molar-refractivity contribution in [1.29, 1.82) is 5.26 Å². The molecule has 1 heterocycles. The van der Waals surface area contributed by atoms with E-state index in [1.165, 1.54) is 18.9 Å². The van der Waals surface area contributed by atoms with Crippen molar-refractivity contribution in [1.82, 2.24) is 5.32 Å². The first-order valence-corrected chi connectivity index (χ1v) is 10.8. The minimum atomic E-state index is -1.11. The molecule has 0 aromatic heterocycles. The van der Waals surface area contributed by atoms with Crippen LogP contribution in [0.3, 0.4) is 0 Å². The van der Waals surface area contributed by atoms with Crippen LogP contribution in [0.1, 0.15) is 17.0 Å². The zero-order valence-electron chi connectivity index (χ0n) is 16.9. The van der Waals surface area contributed by atoms with Crippen LogP contribution in [0.15, 0.2) is 83.4 Å². The van der Waals surface area contributed by atoms with Crippen LogP contribution in [0.25, 0.3) is 10.8 Å². The van der Waals surface area contributed by atoms with E-state index in [1.807, 2.05) is 54.6 Å². The number of ether oxygens (including phenoxy) is 1. The van der Waals surface area contributed by atoms with Gasteiger partial charge in [-0.2, -0.15) is 5.26 Å². The molecule has 0 radical (unpaired) electrons. The van der Waals surface area contributed by atoms with Gasteiger partial charge in [0.15, 0.2) is 0 Å². The van der Waals surface area contributed by atoms with Gasteiger partial charge in [-0.25, -0.2) is 0 Å². The van der Waals surface area contributed by atoms with Crippen LogP contribution in [0, 0.1) is 17.2 Å². The number of hydrogen-bond donors (Lipinski definition) is 1. The lowest BCUT2D eigenvalue weighted by Gasteiger charge is -2.31. The van der Waals surface area contributed by atoms with Crippen LogP contribution in [-0.4, -0.2) is 19.0 Å². The van der Waals surface area contributed by atoms with Gasteiger partial charge >= 0.3 is 5.97 Å². The molecule has 0 bridgehead atoms. The molecule has 5 nitrogen and oxygen atoms in total. The Morgan fingerprint density at radius 2 is 1.77 bits per heavy atom. The van der Waals surface area contributed by atoms with Crippen molar-refractivity contribution >= 4 is 34.4 Å². The number of methoxy groups -OCH3 is 1. The number of benzene rings is 3. The summed E-state index contributed by atoms with van der Waals surface area (Å²) in [6.45, 7) is 0. The summed E-state index contributed by atoms with van der Waals surface area (Å²) in [5, 5.41) is 15.5. The van der Waals surface area contributed by atoms with E-state index in [9.17, 15) is 14.9 Å². The van der Waals surface area contributed by atoms with Crippen LogP contribution in [0.4, 0.5) is 0 Å². The molecule has 1 aliphatic rings. The molecule has 0 aliphatic carbocycles. The standard InChI is InChI=1S/C25H20N2O3S/c1-30-25(29)22-21(17-9-3-2-4-10-17)20(14-26)24(27-23(22)28)31-15-18-12-7-11-16-8-5-6-13-19(16)18/h2-13,21-22H,15H2,1H3,(H,27,28)/t21-,22-/m0/s1. The van der Waals surface area contributed by atoms with E-state index >= 15 is 0 Å². The molecule has 6 heteroatoms. The second-order valence-electron chi connectivity index (χ2n) is 7.16. The van der Waals surface area contributed by atoms with Crippen molar-refractivity contribution in [2.45, 2.75) is 11.7 Å². The highest BCUT2D eigenvalue weighted by Gasteiger charge is 2.44. The zero-order valence-corrected chi connectivity index (χ0v) is 17.7. The lowest BCUT2D eigenvalue weighted by atomic mass is 9.78. The summed E-state index contributed by atoms with van der Waals surface area (Å²) in [7, 11) is 1.25. The van der Waals surface area contributed by atoms with Gasteiger partial charge in [0.25, 0.3) is 0 Å². The highest BCUT2D eigenvalue weighted by Crippen LogP contribution is 2.41. The van der Waals surface area contributed by atoms with Crippen molar-refractivity contribution in [2.24, 2.45) is 5.92 Å². The zero-order chi connectivity index (χ0) is 21.8. The summed E-state index contributed by atoms with van der Waals surface area (Å²) in [5.41, 5.74) is 2.20. The van der Waals surface area contributed by atoms with Gasteiger partial charge in [-0.05, 0) is 21.9 Å². The lowest BCUT2D eigenvalue weighted by Crippen LogP contribution is -2.44. The van der Waals surface area contributed by atoms with Gasteiger partial charge in [0.05, 0.1) is 23.8 Å². The maximum absolute atomic E-state index is 12.9. The van der Waals surface area contributed by atoms with Crippen LogP contribution >= 0.6 is 11.8 Å². The number of fused-ring (bicyclic) bond motifs is 1. The van der Waals surface area contributed by atoms with E-state index in [0.29, 0.717) is 16.4 Å². The van der Waals surface area contributed by atoms with Crippen LogP contribution < -0.4 is 5.32 Å². The van der Waals surface area contributed by atoms with E-state index in [-0.39, 0.29) is 0 Å². The fourth-order valence-corrected chi connectivity index (χ4v) is 4.96. The molecule has 31 heavy (non-hydrogen) atoms. The molecular weight excluding hydrogens is 408 g/mol. The quantitative estimate of drug-likeness (QED) is 0.478. The first-order chi connectivity index (χ1) is 15.1. The molecule has 0 saturated heterocycles. The Labute approximate surface area is 184 Å². The fraction of sp³-hybridized carbons (Fsp3) is 0.160. The smallest absolute Gasteiger partial charge is 0.319 e. The normalized spacial score (nSPS) is 18.4. The van der Waals surface area contributed by atoms with Gasteiger partial charge in [0, 0.05) is 11.7 Å². The Kier molecular flexibility index (Phi) is 6.06. The maximum Gasteiger partial charge on any atom is 0.319 e. The third-order valence-corrected chi connectivity index (χ3v) is 6.46. The monoisotopic (exact) mass is 428 g/mol. The third kappa shape index (κ3) is 4.05. The molecule has 2 atom stereocenters. The summed E-state index contributed by atoms with van der Waals surface area (Å²) in [6.07, 6.45) is 0. The number of amides is 1. The second kappa shape index (κ2) is 9.07. The molecule has 1 N–H and O–H groups in total. The molecule has 154 valence electrons. The molecule has 0 fully saturated rings. The largest absolute Gasteiger partial charge is 0.468 e. The lowest BCUT2D eigenvalue weighted by molar-refractivity contribution is -0.150. The molecule has 0 unspecified atom stereocenters. The molecule has 3 aromatic rings. The van der Waals surface area contributed by atoms with Crippen molar-refractivity contribution < 1.29 is 14.3 Å². The van der Waals surface area contributed by atoms with Gasteiger partial charge in [0.2, 0.25) is 5.91 Å². The van der Waals surface area contributed by atoms with Gasteiger partial charge in [-0.1, -0.05) is 72.8 Å². The Bertz CT molecular complexity index is 1210. The third-order valence-electron chi connectivity index (χ3n) is 5.39. The Morgan fingerprint density at radius 3 is 2.52 bits per heavy atom. The van der Waals surface area contributed by atoms with E-state index in [2.05, 4.69) is 29.6 Å². The van der Waals surface area contributed by atoms with E-state index in [4.69, 9.17) is 4.74 Å². The number of rotatable bonds is 5. The highest BCUT2D eigenvalue weighted by molar-refractivity contribution is 8.02. The van der Waals surface area contributed by atoms with Gasteiger partial charge in [-0.3, -0.25) is 9.59 Å². The molecule has 4 rings (SSSR count). The predicted octanol–water partition coefficient (Wildman–Crippen LogP) is 4.51. The molecule has 3 aromatic carbocycles. The van der Waals surface area contributed by atoms with E-state index < -0.39 is 23.7 Å². The first kappa shape index (κ1) is 20.7. The van der Waals surface area contributed by atoms with Crippen molar-refractivity contribution in [3.63, 3.8) is 0 Å². The van der Waals surface area contributed by atoms with Crippen molar-refractivity contribution in [3.05, 3.63) is 94.5 Å². The van der Waals surface area contributed by atoms with Crippen LogP contribution in [0.5, 0.6) is 0 Å². The molecule has 1 amide bonds. The Morgan fingerprint density at radius 1 is 1.06 bits per heavy atom. The topological polar surface area (TPSA) is 79.2 Å². The highest BCUT2D eigenvalue weighted by atomic mass is 32.2. The average Bonchev–Trinajstić information content (AvgIpc) is 2.82. The van der Waals surface area contributed by atoms with Crippen LogP contribution in [-0.2, 0) is 20.1 Å². The molecule has 0 saturated carbocycles. The Hall–Kier alpha value is -3.56. The first-order valence-electron chi connectivity index (χ1n) is 9.81. The number of nitrogens with one attached hydrogen (secondary N) is 1. The summed E-state index contributed by atoms with van der Waals surface area (Å²) in [6, 6.07) is 25.6. The second-order valence-corrected chi connectivity index (χ2v) is 8.15. The number of thioether (sulfide) groups is 1. The number of esters is 1. The summed E-state index contributed by atoms with van der Waals surface area (Å²) in [4.78, 5) is 25.3. The summed E-state index contributed by atoms with van der Waals surface area (Å²) < 4.78 is 4.88.